The lowest BCUT2D eigenvalue weighted by Crippen LogP contribution is -2.24. The summed E-state index contributed by atoms with van der Waals surface area (Å²) in [7, 11) is 0. The van der Waals surface area contributed by atoms with Crippen LogP contribution in [0, 0.1) is 0 Å². The van der Waals surface area contributed by atoms with Crippen LogP contribution in [-0.2, 0) is 30.6 Å². The molecule has 0 fully saturated rings. The largest absolute Gasteiger partial charge is 0.490 e. The highest BCUT2D eigenvalue weighted by Gasteiger charge is 2.38. The number of hydrogen-bond donors (Lipinski definition) is 1. The zero-order valence-electron chi connectivity index (χ0n) is 20.5. The summed E-state index contributed by atoms with van der Waals surface area (Å²) in [6.07, 6.45) is 2.84. The SMILES string of the molecule is CCCCCn1c2c(c(=O)n3c(CCc4nc(-c5ccncc5)no4)nnc13)CC(Br)=N2.O=C(O)C(F)(F)F. The minimum absolute atomic E-state index is 0.122. The Morgan fingerprint density at radius 1 is 1.18 bits per heavy atom. The molecule has 4 aromatic heterocycles. The number of aliphatic carboxylic acids is 1. The van der Waals surface area contributed by atoms with Crippen LogP contribution in [0.1, 0.15) is 43.5 Å². The maximum Gasteiger partial charge on any atom is 0.490 e. The molecule has 0 amide bonds. The standard InChI is InChI=1S/C21H21BrN8O2.C2HF3O2/c1-2-3-4-11-29-19-14(12-15(22)24-19)20(31)30-16(26-27-21(29)30)5-6-17-25-18(28-32-17)13-7-9-23-10-8-13;3-2(4,5)1(6)7/h7-10H,2-6,11-12H2,1H3;(H,6,7). The highest BCUT2D eigenvalue weighted by atomic mass is 79.9. The molecule has 0 bridgehead atoms. The molecular formula is C23H22BrF3N8O4. The van der Waals surface area contributed by atoms with Crippen LogP contribution < -0.4 is 5.56 Å². The summed E-state index contributed by atoms with van der Waals surface area (Å²) >= 11 is 3.45. The van der Waals surface area contributed by atoms with E-state index in [2.05, 4.69) is 53.2 Å². The number of carboxylic acid groups (broad SMARTS) is 1. The average molecular weight is 611 g/mol. The summed E-state index contributed by atoms with van der Waals surface area (Å²) in [5.41, 5.74) is 1.38. The number of unbranched alkanes of at least 4 members (excludes halogenated alkanes) is 2. The highest BCUT2D eigenvalue weighted by Crippen LogP contribution is 2.28. The van der Waals surface area contributed by atoms with Gasteiger partial charge in [0.25, 0.3) is 5.56 Å². The van der Waals surface area contributed by atoms with Crippen LogP contribution >= 0.6 is 15.9 Å². The van der Waals surface area contributed by atoms with Crippen LogP contribution in [0.25, 0.3) is 17.2 Å². The second-order valence-corrected chi connectivity index (χ2v) is 9.35. The molecule has 16 heteroatoms. The number of aromatic nitrogens is 7. The van der Waals surface area contributed by atoms with Gasteiger partial charge in [-0.05, 0) is 34.5 Å². The fourth-order valence-corrected chi connectivity index (χ4v) is 4.29. The van der Waals surface area contributed by atoms with Gasteiger partial charge in [-0.3, -0.25) is 14.3 Å². The van der Waals surface area contributed by atoms with Crippen molar-refractivity contribution in [3.8, 4) is 11.4 Å². The Labute approximate surface area is 226 Å². The molecule has 206 valence electrons. The normalized spacial score (nSPS) is 12.7. The molecule has 4 aromatic rings. The minimum Gasteiger partial charge on any atom is -0.475 e. The first-order valence-electron chi connectivity index (χ1n) is 11.9. The molecule has 0 aromatic carbocycles. The van der Waals surface area contributed by atoms with Crippen molar-refractivity contribution >= 4 is 38.1 Å². The third kappa shape index (κ3) is 6.38. The number of carbonyl (C=O) groups is 1. The lowest BCUT2D eigenvalue weighted by Gasteiger charge is -2.12. The van der Waals surface area contributed by atoms with E-state index in [0.29, 0.717) is 54.0 Å². The zero-order chi connectivity index (χ0) is 28.2. The number of halogens is 4. The van der Waals surface area contributed by atoms with E-state index in [0.717, 1.165) is 36.0 Å². The Kier molecular flexibility index (Phi) is 8.52. The number of rotatable bonds is 8. The number of aliphatic imine (C=N–C) groups is 1. The number of aryl methyl sites for hydroxylation is 3. The molecule has 0 atom stereocenters. The Balaban J connectivity index is 0.000000448. The summed E-state index contributed by atoms with van der Waals surface area (Å²) in [4.78, 5) is 35.1. The van der Waals surface area contributed by atoms with Crippen LogP contribution in [0.4, 0.5) is 19.0 Å². The van der Waals surface area contributed by atoms with Crippen LogP contribution in [0.2, 0.25) is 0 Å². The molecule has 0 spiro atoms. The summed E-state index contributed by atoms with van der Waals surface area (Å²) < 4.78 is 41.5. The molecule has 0 saturated carbocycles. The molecule has 1 N–H and O–H groups in total. The Hall–Kier alpha value is -3.95. The number of hydrogen-bond acceptors (Lipinski definition) is 9. The molecule has 0 unspecified atom stereocenters. The van der Waals surface area contributed by atoms with E-state index in [9.17, 15) is 18.0 Å². The zero-order valence-corrected chi connectivity index (χ0v) is 22.1. The average Bonchev–Trinajstić information content (AvgIpc) is 3.64. The molecule has 1 aliphatic heterocycles. The number of nitrogens with zero attached hydrogens (tertiary/aromatic N) is 8. The second-order valence-electron chi connectivity index (χ2n) is 8.43. The summed E-state index contributed by atoms with van der Waals surface area (Å²) in [5, 5.41) is 19.8. The molecule has 5 heterocycles. The number of carboxylic acids is 1. The van der Waals surface area contributed by atoms with Crippen molar-refractivity contribution in [1.82, 2.24) is 34.3 Å². The maximum absolute atomic E-state index is 13.2. The molecule has 1 aliphatic rings. The predicted octanol–water partition coefficient (Wildman–Crippen LogP) is 3.93. The van der Waals surface area contributed by atoms with Crippen molar-refractivity contribution in [3.63, 3.8) is 0 Å². The van der Waals surface area contributed by atoms with Crippen molar-refractivity contribution < 1.29 is 27.6 Å². The highest BCUT2D eigenvalue weighted by molar-refractivity contribution is 9.18. The van der Waals surface area contributed by atoms with Gasteiger partial charge in [0, 0.05) is 43.8 Å². The van der Waals surface area contributed by atoms with E-state index in [1.807, 2.05) is 16.7 Å². The summed E-state index contributed by atoms with van der Waals surface area (Å²) in [6.45, 7) is 2.90. The van der Waals surface area contributed by atoms with Gasteiger partial charge in [0.2, 0.25) is 17.5 Å². The van der Waals surface area contributed by atoms with Crippen LogP contribution in [0.5, 0.6) is 0 Å². The second kappa shape index (κ2) is 11.8. The topological polar surface area (TPSA) is 154 Å². The van der Waals surface area contributed by atoms with Crippen LogP contribution in [0.15, 0.2) is 38.8 Å². The third-order valence-electron chi connectivity index (χ3n) is 5.69. The molecule has 5 rings (SSSR count). The Bertz CT molecular complexity index is 1560. The lowest BCUT2D eigenvalue weighted by atomic mass is 10.2. The smallest absolute Gasteiger partial charge is 0.475 e. The fourth-order valence-electron chi connectivity index (χ4n) is 3.84. The van der Waals surface area contributed by atoms with E-state index < -0.39 is 12.1 Å². The monoisotopic (exact) mass is 610 g/mol. The van der Waals surface area contributed by atoms with Gasteiger partial charge in [-0.25, -0.2) is 14.2 Å². The van der Waals surface area contributed by atoms with E-state index in [-0.39, 0.29) is 5.56 Å². The fraction of sp³-hybridized carbons (Fsp3) is 0.391. The van der Waals surface area contributed by atoms with Gasteiger partial charge in [0.1, 0.15) is 11.6 Å². The van der Waals surface area contributed by atoms with Gasteiger partial charge in [-0.15, -0.1) is 10.2 Å². The van der Waals surface area contributed by atoms with Crippen LogP contribution in [0.3, 0.4) is 0 Å². The first-order chi connectivity index (χ1) is 18.6. The van der Waals surface area contributed by atoms with Crippen LogP contribution in [-0.4, -0.2) is 56.2 Å². The third-order valence-corrected chi connectivity index (χ3v) is 6.15. The molecule has 0 aliphatic carbocycles. The van der Waals surface area contributed by atoms with Gasteiger partial charge in [-0.2, -0.15) is 18.2 Å². The lowest BCUT2D eigenvalue weighted by molar-refractivity contribution is -0.192. The number of alkyl halides is 3. The molecule has 0 radical (unpaired) electrons. The van der Waals surface area contributed by atoms with Crippen molar-refractivity contribution in [2.45, 2.75) is 58.2 Å². The van der Waals surface area contributed by atoms with E-state index in [1.54, 1.807) is 16.8 Å². The van der Waals surface area contributed by atoms with Crippen molar-refractivity contribution in [2.24, 2.45) is 4.99 Å². The quantitative estimate of drug-likeness (QED) is 0.292. The number of pyridine rings is 1. The maximum atomic E-state index is 13.2. The van der Waals surface area contributed by atoms with E-state index in [1.165, 1.54) is 0 Å². The van der Waals surface area contributed by atoms with Crippen molar-refractivity contribution in [2.75, 3.05) is 0 Å². The molecule has 12 nitrogen and oxygen atoms in total. The van der Waals surface area contributed by atoms with Gasteiger partial charge in [-0.1, -0.05) is 24.9 Å². The van der Waals surface area contributed by atoms with Crippen molar-refractivity contribution in [3.05, 3.63) is 52.2 Å². The van der Waals surface area contributed by atoms with Crippen molar-refractivity contribution in [1.29, 1.82) is 0 Å². The van der Waals surface area contributed by atoms with Gasteiger partial charge in [0.05, 0.1) is 10.2 Å². The minimum atomic E-state index is -5.08. The molecule has 0 saturated heterocycles. The van der Waals surface area contributed by atoms with Gasteiger partial charge < -0.3 is 9.63 Å². The Morgan fingerprint density at radius 3 is 2.56 bits per heavy atom. The van der Waals surface area contributed by atoms with Gasteiger partial charge in [0.15, 0.2) is 0 Å². The summed E-state index contributed by atoms with van der Waals surface area (Å²) in [5.74, 6) is 0.00373. The Morgan fingerprint density at radius 2 is 1.90 bits per heavy atom. The predicted molar refractivity (Wildman–Crippen MR) is 135 cm³/mol. The number of fused-ring (bicyclic) bond motifs is 2. The first-order valence-corrected chi connectivity index (χ1v) is 12.6. The summed E-state index contributed by atoms with van der Waals surface area (Å²) in [6, 6.07) is 3.64. The van der Waals surface area contributed by atoms with E-state index >= 15 is 0 Å². The van der Waals surface area contributed by atoms with E-state index in [4.69, 9.17) is 14.4 Å². The van der Waals surface area contributed by atoms with Gasteiger partial charge >= 0.3 is 12.1 Å². The first kappa shape index (κ1) is 28.1. The molecule has 39 heavy (non-hydrogen) atoms. The molecular weight excluding hydrogens is 589 g/mol.